The van der Waals surface area contributed by atoms with Crippen molar-refractivity contribution in [3.63, 3.8) is 0 Å². The van der Waals surface area contributed by atoms with Gasteiger partial charge in [-0.1, -0.05) is 6.92 Å². The van der Waals surface area contributed by atoms with E-state index in [1.54, 1.807) is 0 Å². The van der Waals surface area contributed by atoms with E-state index in [9.17, 15) is 4.79 Å². The standard InChI is InChI=1S/C8H19NO2Si/c1-5-8(3,9(4)12)7(10)11-6-2/h5-6H2,1-4,12H3. The molecule has 0 rings (SSSR count). The van der Waals surface area contributed by atoms with Crippen LogP contribution in [0.25, 0.3) is 0 Å². The highest BCUT2D eigenvalue weighted by atomic mass is 28.2. The summed E-state index contributed by atoms with van der Waals surface area (Å²) in [6, 6.07) is 0. The molecule has 1 atom stereocenters. The fraction of sp³-hybridized carbons (Fsp3) is 0.875. The first-order valence-electron chi connectivity index (χ1n) is 4.33. The van der Waals surface area contributed by atoms with Crippen LogP contribution in [0.5, 0.6) is 0 Å². The van der Waals surface area contributed by atoms with Crippen molar-refractivity contribution in [2.75, 3.05) is 13.7 Å². The Labute approximate surface area is 77.6 Å². The lowest BCUT2D eigenvalue weighted by molar-refractivity contribution is -0.153. The van der Waals surface area contributed by atoms with Gasteiger partial charge >= 0.3 is 5.97 Å². The van der Waals surface area contributed by atoms with Crippen molar-refractivity contribution in [3.05, 3.63) is 0 Å². The summed E-state index contributed by atoms with van der Waals surface area (Å²) < 4.78 is 7.03. The Morgan fingerprint density at radius 2 is 2.08 bits per heavy atom. The van der Waals surface area contributed by atoms with E-state index in [1.807, 2.05) is 32.4 Å². The molecule has 0 radical (unpaired) electrons. The summed E-state index contributed by atoms with van der Waals surface area (Å²) in [5.41, 5.74) is -0.414. The van der Waals surface area contributed by atoms with Gasteiger partial charge in [-0.15, -0.1) is 0 Å². The summed E-state index contributed by atoms with van der Waals surface area (Å²) in [5.74, 6) is -0.106. The van der Waals surface area contributed by atoms with Gasteiger partial charge in [0.2, 0.25) is 0 Å². The molecular weight excluding hydrogens is 170 g/mol. The molecule has 0 aromatic heterocycles. The van der Waals surface area contributed by atoms with E-state index in [2.05, 4.69) is 0 Å². The van der Waals surface area contributed by atoms with Crippen LogP contribution in [0.1, 0.15) is 27.2 Å². The Hall–Kier alpha value is -0.353. The molecule has 0 bridgehead atoms. The first kappa shape index (κ1) is 11.6. The molecule has 0 saturated carbocycles. The smallest absolute Gasteiger partial charge is 0.325 e. The van der Waals surface area contributed by atoms with Crippen LogP contribution >= 0.6 is 0 Å². The maximum atomic E-state index is 11.5. The highest BCUT2D eigenvalue weighted by molar-refractivity contribution is 6.07. The van der Waals surface area contributed by atoms with E-state index >= 15 is 0 Å². The Morgan fingerprint density at radius 3 is 2.33 bits per heavy atom. The van der Waals surface area contributed by atoms with Gasteiger partial charge in [0.05, 0.1) is 17.0 Å². The minimum absolute atomic E-state index is 0.106. The molecule has 0 aliphatic heterocycles. The van der Waals surface area contributed by atoms with Gasteiger partial charge in [-0.25, -0.2) is 0 Å². The number of likely N-dealkylation sites (N-methyl/N-ethyl adjacent to an activating group) is 1. The highest BCUT2D eigenvalue weighted by Gasteiger charge is 2.34. The largest absolute Gasteiger partial charge is 0.465 e. The zero-order valence-electron chi connectivity index (χ0n) is 8.68. The third kappa shape index (κ3) is 2.32. The number of ether oxygens (including phenoxy) is 1. The van der Waals surface area contributed by atoms with Gasteiger partial charge in [-0.3, -0.25) is 4.79 Å². The number of hydrogen-bond donors (Lipinski definition) is 0. The van der Waals surface area contributed by atoms with Gasteiger partial charge in [0, 0.05) is 0 Å². The molecule has 0 heterocycles. The zero-order valence-corrected chi connectivity index (χ0v) is 10.7. The van der Waals surface area contributed by atoms with Crippen LogP contribution in [-0.2, 0) is 9.53 Å². The molecule has 4 heteroatoms. The predicted octanol–water partition coefficient (Wildman–Crippen LogP) is -0.0696. The third-order valence-electron chi connectivity index (χ3n) is 2.39. The Morgan fingerprint density at radius 1 is 1.58 bits per heavy atom. The Bertz CT molecular complexity index is 161. The molecule has 0 fully saturated rings. The molecule has 0 N–H and O–H groups in total. The lowest BCUT2D eigenvalue weighted by atomic mass is 10.00. The van der Waals surface area contributed by atoms with Crippen LogP contribution in [-0.4, -0.2) is 40.1 Å². The van der Waals surface area contributed by atoms with Crippen LogP contribution in [0, 0.1) is 0 Å². The van der Waals surface area contributed by atoms with Gasteiger partial charge in [0.25, 0.3) is 0 Å². The van der Waals surface area contributed by atoms with E-state index in [0.717, 1.165) is 16.8 Å². The molecule has 3 nitrogen and oxygen atoms in total. The summed E-state index contributed by atoms with van der Waals surface area (Å²) in [6.07, 6.45) is 0.797. The second kappa shape index (κ2) is 4.62. The molecule has 0 aliphatic carbocycles. The minimum Gasteiger partial charge on any atom is -0.465 e. The summed E-state index contributed by atoms with van der Waals surface area (Å²) in [7, 11) is 2.82. The summed E-state index contributed by atoms with van der Waals surface area (Å²) >= 11 is 0. The highest BCUT2D eigenvalue weighted by Crippen LogP contribution is 2.17. The van der Waals surface area contributed by atoms with Crippen LogP contribution in [0.2, 0.25) is 0 Å². The Kier molecular flexibility index (Phi) is 4.48. The summed E-state index contributed by atoms with van der Waals surface area (Å²) in [5, 5.41) is 0. The number of rotatable bonds is 4. The molecule has 0 saturated heterocycles. The molecule has 0 spiro atoms. The average Bonchev–Trinajstić information content (AvgIpc) is 2.03. The molecular formula is C8H19NO2Si. The van der Waals surface area contributed by atoms with E-state index in [4.69, 9.17) is 4.74 Å². The van der Waals surface area contributed by atoms with Crippen LogP contribution in [0.15, 0.2) is 0 Å². The topological polar surface area (TPSA) is 29.5 Å². The quantitative estimate of drug-likeness (QED) is 0.458. The molecule has 12 heavy (non-hydrogen) atoms. The molecule has 0 amide bonds. The SMILES string of the molecule is CCOC(=O)C(C)(CC)N(C)[SiH3]. The number of esters is 1. The van der Waals surface area contributed by atoms with Gasteiger partial charge in [0.1, 0.15) is 5.54 Å². The van der Waals surface area contributed by atoms with Crippen molar-refractivity contribution in [3.8, 4) is 0 Å². The van der Waals surface area contributed by atoms with Gasteiger partial charge in [0.15, 0.2) is 0 Å². The predicted molar refractivity (Wildman–Crippen MR) is 53.0 cm³/mol. The molecule has 0 aromatic carbocycles. The van der Waals surface area contributed by atoms with E-state index in [0.29, 0.717) is 6.61 Å². The number of carbonyl (C=O) groups excluding carboxylic acids is 1. The molecule has 0 aromatic rings. The number of nitrogens with zero attached hydrogens (tertiary/aromatic N) is 1. The van der Waals surface area contributed by atoms with Crippen molar-refractivity contribution in [1.82, 2.24) is 4.57 Å². The molecule has 1 unspecified atom stereocenters. The maximum Gasteiger partial charge on any atom is 0.325 e. The van der Waals surface area contributed by atoms with E-state index in [-0.39, 0.29) is 5.97 Å². The average molecular weight is 189 g/mol. The van der Waals surface area contributed by atoms with Crippen molar-refractivity contribution in [1.29, 1.82) is 0 Å². The minimum atomic E-state index is -0.414. The first-order valence-corrected chi connectivity index (χ1v) is 5.23. The monoisotopic (exact) mass is 189 g/mol. The van der Waals surface area contributed by atoms with Crippen molar-refractivity contribution in [2.45, 2.75) is 32.7 Å². The zero-order chi connectivity index (χ0) is 9.78. The number of hydrogen-bond acceptors (Lipinski definition) is 3. The lowest BCUT2D eigenvalue weighted by Crippen LogP contribution is -2.49. The van der Waals surface area contributed by atoms with Crippen LogP contribution in [0.4, 0.5) is 0 Å². The second-order valence-electron chi connectivity index (χ2n) is 3.24. The van der Waals surface area contributed by atoms with Gasteiger partial charge in [-0.2, -0.15) is 0 Å². The van der Waals surface area contributed by atoms with Crippen molar-refractivity contribution >= 4 is 16.4 Å². The molecule has 0 aliphatic rings. The van der Waals surface area contributed by atoms with Crippen LogP contribution < -0.4 is 0 Å². The van der Waals surface area contributed by atoms with E-state index in [1.165, 1.54) is 0 Å². The normalized spacial score (nSPS) is 16.1. The second-order valence-corrected chi connectivity index (χ2v) is 4.58. The third-order valence-corrected chi connectivity index (χ3v) is 3.38. The lowest BCUT2D eigenvalue weighted by Gasteiger charge is -2.33. The summed E-state index contributed by atoms with van der Waals surface area (Å²) in [6.45, 7) is 6.23. The van der Waals surface area contributed by atoms with Gasteiger partial charge in [-0.05, 0) is 27.3 Å². The maximum absolute atomic E-state index is 11.5. The fourth-order valence-corrected chi connectivity index (χ4v) is 1.43. The first-order chi connectivity index (χ1) is 5.49. The van der Waals surface area contributed by atoms with Gasteiger partial charge < -0.3 is 9.30 Å². The molecule has 72 valence electrons. The van der Waals surface area contributed by atoms with Crippen molar-refractivity contribution < 1.29 is 9.53 Å². The van der Waals surface area contributed by atoms with Crippen LogP contribution in [0.3, 0.4) is 0 Å². The Balaban J connectivity index is 4.40. The fourth-order valence-electron chi connectivity index (χ4n) is 0.930. The summed E-state index contributed by atoms with van der Waals surface area (Å²) in [4.78, 5) is 11.5. The number of carbonyl (C=O) groups is 1. The van der Waals surface area contributed by atoms with Crippen molar-refractivity contribution in [2.24, 2.45) is 0 Å². The van der Waals surface area contributed by atoms with E-state index < -0.39 is 5.54 Å².